The second-order valence-electron chi connectivity index (χ2n) is 5.42. The molecule has 0 saturated carbocycles. The van der Waals surface area contributed by atoms with E-state index in [1.807, 2.05) is 0 Å². The number of rotatable bonds is 3. The van der Waals surface area contributed by atoms with Crippen molar-refractivity contribution >= 4 is 11.6 Å². The molecule has 1 fully saturated rings. The van der Waals surface area contributed by atoms with Gasteiger partial charge in [-0.3, -0.25) is 14.9 Å². The summed E-state index contributed by atoms with van der Waals surface area (Å²) in [6, 6.07) is 3.32. The lowest BCUT2D eigenvalue weighted by Crippen LogP contribution is -2.32. The van der Waals surface area contributed by atoms with Crippen molar-refractivity contribution < 1.29 is 14.1 Å². The Labute approximate surface area is 122 Å². The van der Waals surface area contributed by atoms with E-state index in [0.29, 0.717) is 19.0 Å². The molecule has 0 N–H and O–H groups in total. The van der Waals surface area contributed by atoms with Crippen LogP contribution in [0.15, 0.2) is 18.2 Å². The van der Waals surface area contributed by atoms with Crippen LogP contribution in [0, 0.1) is 21.8 Å². The molecule has 1 atom stereocenters. The molecular formula is C15H19FN2O3. The highest BCUT2D eigenvalue weighted by atomic mass is 19.1. The molecule has 0 radical (unpaired) electrons. The van der Waals surface area contributed by atoms with Crippen LogP contribution in [0.2, 0.25) is 0 Å². The zero-order chi connectivity index (χ0) is 15.4. The molecule has 1 saturated heterocycles. The van der Waals surface area contributed by atoms with Crippen LogP contribution in [0.1, 0.15) is 43.0 Å². The lowest BCUT2D eigenvalue weighted by molar-refractivity contribution is -0.387. The number of nitrogens with zero attached hydrogens (tertiary/aromatic N) is 2. The first-order chi connectivity index (χ1) is 10.0. The smallest absolute Gasteiger partial charge is 0.305 e. The van der Waals surface area contributed by atoms with Crippen LogP contribution in [0.4, 0.5) is 10.1 Å². The number of hydrogen-bond donors (Lipinski definition) is 0. The molecule has 0 bridgehead atoms. The van der Waals surface area contributed by atoms with Crippen LogP contribution in [0.5, 0.6) is 0 Å². The monoisotopic (exact) mass is 294 g/mol. The Balaban J connectivity index is 2.16. The van der Waals surface area contributed by atoms with Crippen LogP contribution in [0.25, 0.3) is 0 Å². The second kappa shape index (κ2) is 6.65. The molecule has 21 heavy (non-hydrogen) atoms. The molecule has 1 aromatic carbocycles. The second-order valence-corrected chi connectivity index (χ2v) is 5.42. The van der Waals surface area contributed by atoms with Gasteiger partial charge in [0.2, 0.25) is 5.82 Å². The van der Waals surface area contributed by atoms with Gasteiger partial charge >= 0.3 is 5.69 Å². The maximum atomic E-state index is 13.3. The van der Waals surface area contributed by atoms with Gasteiger partial charge in [-0.15, -0.1) is 0 Å². The molecule has 1 amide bonds. The molecule has 6 heteroatoms. The largest absolute Gasteiger partial charge is 0.339 e. The molecule has 0 aromatic heterocycles. The van der Waals surface area contributed by atoms with Gasteiger partial charge in [0.15, 0.2) is 0 Å². The van der Waals surface area contributed by atoms with Gasteiger partial charge in [-0.05, 0) is 37.3 Å². The number of halogens is 1. The highest BCUT2D eigenvalue weighted by Gasteiger charge is 2.23. The number of hydrogen-bond acceptors (Lipinski definition) is 3. The van der Waals surface area contributed by atoms with Crippen molar-refractivity contribution in [2.75, 3.05) is 13.1 Å². The summed E-state index contributed by atoms with van der Waals surface area (Å²) in [7, 11) is 0. The fourth-order valence-electron chi connectivity index (χ4n) is 2.74. The van der Waals surface area contributed by atoms with E-state index in [0.717, 1.165) is 37.8 Å². The number of amides is 1. The van der Waals surface area contributed by atoms with Crippen LogP contribution in [-0.4, -0.2) is 28.8 Å². The van der Waals surface area contributed by atoms with E-state index < -0.39 is 16.4 Å². The molecule has 1 aliphatic heterocycles. The summed E-state index contributed by atoms with van der Waals surface area (Å²) in [6.07, 6.45) is 4.09. The molecule has 1 heterocycles. The average molecular weight is 294 g/mol. The Morgan fingerprint density at radius 1 is 1.43 bits per heavy atom. The van der Waals surface area contributed by atoms with Crippen molar-refractivity contribution in [3.05, 3.63) is 39.7 Å². The van der Waals surface area contributed by atoms with E-state index in [1.54, 1.807) is 4.90 Å². The van der Waals surface area contributed by atoms with E-state index in [4.69, 9.17) is 0 Å². The van der Waals surface area contributed by atoms with Gasteiger partial charge in [0.1, 0.15) is 0 Å². The minimum atomic E-state index is -0.918. The third-order valence-electron chi connectivity index (χ3n) is 4.10. The van der Waals surface area contributed by atoms with Crippen molar-refractivity contribution in [3.63, 3.8) is 0 Å². The highest BCUT2D eigenvalue weighted by Crippen LogP contribution is 2.23. The highest BCUT2D eigenvalue weighted by molar-refractivity contribution is 5.94. The first kappa shape index (κ1) is 15.4. The van der Waals surface area contributed by atoms with Gasteiger partial charge in [0, 0.05) is 24.7 Å². The van der Waals surface area contributed by atoms with Gasteiger partial charge in [-0.2, -0.15) is 4.39 Å². The quantitative estimate of drug-likeness (QED) is 0.634. The SMILES string of the molecule is CCC1CCCN(C(=O)c2ccc(F)c([N+](=O)[O-])c2)CC1. The van der Waals surface area contributed by atoms with Crippen LogP contribution in [-0.2, 0) is 0 Å². The molecule has 1 aromatic rings. The number of benzene rings is 1. The van der Waals surface area contributed by atoms with Gasteiger partial charge in [0.25, 0.3) is 5.91 Å². The standard InChI is InChI=1S/C15H19FN2O3/c1-2-11-4-3-8-17(9-7-11)15(19)12-5-6-13(16)14(10-12)18(20)21/h5-6,10-11H,2-4,7-9H2,1H3. The Morgan fingerprint density at radius 2 is 2.19 bits per heavy atom. The minimum Gasteiger partial charge on any atom is -0.339 e. The van der Waals surface area contributed by atoms with Crippen LogP contribution < -0.4 is 0 Å². The van der Waals surface area contributed by atoms with E-state index in [2.05, 4.69) is 6.92 Å². The average Bonchev–Trinajstić information content (AvgIpc) is 2.72. The summed E-state index contributed by atoms with van der Waals surface area (Å²) in [6.45, 7) is 3.45. The van der Waals surface area contributed by atoms with Crippen molar-refractivity contribution in [2.45, 2.75) is 32.6 Å². The molecule has 1 unspecified atom stereocenters. The maximum absolute atomic E-state index is 13.3. The van der Waals surface area contributed by atoms with Crippen molar-refractivity contribution in [2.24, 2.45) is 5.92 Å². The van der Waals surface area contributed by atoms with Crippen molar-refractivity contribution in [3.8, 4) is 0 Å². The lowest BCUT2D eigenvalue weighted by Gasteiger charge is -2.20. The fourth-order valence-corrected chi connectivity index (χ4v) is 2.74. The fraction of sp³-hybridized carbons (Fsp3) is 0.533. The minimum absolute atomic E-state index is 0.179. The summed E-state index contributed by atoms with van der Waals surface area (Å²) >= 11 is 0. The van der Waals surface area contributed by atoms with E-state index in [-0.39, 0.29) is 11.5 Å². The lowest BCUT2D eigenvalue weighted by atomic mass is 9.98. The van der Waals surface area contributed by atoms with Crippen LogP contribution >= 0.6 is 0 Å². The Hall–Kier alpha value is -1.98. The van der Waals surface area contributed by atoms with E-state index >= 15 is 0 Å². The Morgan fingerprint density at radius 3 is 2.86 bits per heavy atom. The predicted molar refractivity (Wildman–Crippen MR) is 76.6 cm³/mol. The number of likely N-dealkylation sites (tertiary alicyclic amines) is 1. The van der Waals surface area contributed by atoms with Crippen LogP contribution in [0.3, 0.4) is 0 Å². The summed E-state index contributed by atoms with van der Waals surface area (Å²) in [5, 5.41) is 10.8. The number of carbonyl (C=O) groups excluding carboxylic acids is 1. The first-order valence-electron chi connectivity index (χ1n) is 7.26. The number of nitro groups is 1. The topological polar surface area (TPSA) is 63.5 Å². The zero-order valence-electron chi connectivity index (χ0n) is 12.0. The summed E-state index contributed by atoms with van der Waals surface area (Å²) in [4.78, 5) is 24.1. The van der Waals surface area contributed by atoms with Gasteiger partial charge in [-0.1, -0.05) is 13.3 Å². The van der Waals surface area contributed by atoms with Crippen molar-refractivity contribution in [1.29, 1.82) is 0 Å². The third-order valence-corrected chi connectivity index (χ3v) is 4.10. The van der Waals surface area contributed by atoms with E-state index in [1.165, 1.54) is 6.07 Å². The first-order valence-corrected chi connectivity index (χ1v) is 7.26. The summed E-state index contributed by atoms with van der Waals surface area (Å²) < 4.78 is 13.3. The molecule has 5 nitrogen and oxygen atoms in total. The molecule has 114 valence electrons. The zero-order valence-corrected chi connectivity index (χ0v) is 12.0. The van der Waals surface area contributed by atoms with E-state index in [9.17, 15) is 19.3 Å². The molecule has 0 spiro atoms. The number of nitro benzene ring substituents is 1. The summed E-state index contributed by atoms with van der Waals surface area (Å²) in [5.74, 6) is -0.543. The molecule has 2 rings (SSSR count). The number of carbonyl (C=O) groups is 1. The maximum Gasteiger partial charge on any atom is 0.305 e. The third kappa shape index (κ3) is 3.56. The predicted octanol–water partition coefficient (Wildman–Crippen LogP) is 3.39. The van der Waals surface area contributed by atoms with Gasteiger partial charge in [-0.25, -0.2) is 0 Å². The molecule has 0 aliphatic carbocycles. The molecular weight excluding hydrogens is 275 g/mol. The Bertz CT molecular complexity index is 548. The summed E-state index contributed by atoms with van der Waals surface area (Å²) in [5.41, 5.74) is -0.472. The Kier molecular flexibility index (Phi) is 4.88. The van der Waals surface area contributed by atoms with Crippen molar-refractivity contribution in [1.82, 2.24) is 4.90 Å². The molecule has 1 aliphatic rings. The van der Waals surface area contributed by atoms with Gasteiger partial charge in [0.05, 0.1) is 4.92 Å². The normalized spacial score (nSPS) is 19.1. The van der Waals surface area contributed by atoms with Gasteiger partial charge < -0.3 is 4.90 Å².